The van der Waals surface area contributed by atoms with Crippen LogP contribution in [0.25, 0.3) is 17.3 Å². The van der Waals surface area contributed by atoms with Crippen molar-refractivity contribution in [1.29, 1.82) is 5.26 Å². The molecule has 0 aliphatic carbocycles. The fourth-order valence-corrected chi connectivity index (χ4v) is 3.74. The van der Waals surface area contributed by atoms with Crippen LogP contribution in [0.15, 0.2) is 53.3 Å². The third kappa shape index (κ3) is 3.97. The highest BCUT2D eigenvalue weighted by Crippen LogP contribution is 2.12. The summed E-state index contributed by atoms with van der Waals surface area (Å²) in [6.07, 6.45) is 1.54. The van der Waals surface area contributed by atoms with E-state index >= 15 is 0 Å². The number of amides is 1. The lowest BCUT2D eigenvalue weighted by Crippen LogP contribution is -2.32. The van der Waals surface area contributed by atoms with Gasteiger partial charge in [-0.05, 0) is 42.8 Å². The van der Waals surface area contributed by atoms with Crippen molar-refractivity contribution in [2.45, 2.75) is 6.92 Å². The van der Waals surface area contributed by atoms with E-state index in [1.165, 1.54) is 28.8 Å². The number of nitrogens with zero attached hydrogens (tertiary/aromatic N) is 3. The van der Waals surface area contributed by atoms with Crippen LogP contribution in [-0.2, 0) is 4.79 Å². The summed E-state index contributed by atoms with van der Waals surface area (Å²) in [5, 5.41) is 20.2. The number of aryl methyl sites for hydroxylation is 1. The first-order valence-corrected chi connectivity index (χ1v) is 9.12. The fourth-order valence-electron chi connectivity index (χ4n) is 2.63. The standard InChI is InChI=1S/C20H14N4O4S/c1-12-2-6-14(7-3-12)23-19(26)17(29-20(23)16(11-21)18(22)25)10-13-4-8-15(9-5-13)24(27)28/h2-10H,1H3,(H2,22,25)/b17-10-,20-16+. The van der Waals surface area contributed by atoms with Crippen LogP contribution in [0.2, 0.25) is 0 Å². The average molecular weight is 406 g/mol. The number of nitro groups is 1. The summed E-state index contributed by atoms with van der Waals surface area (Å²) in [7, 11) is 0. The number of non-ortho nitro benzene ring substituents is 1. The van der Waals surface area contributed by atoms with Gasteiger partial charge < -0.3 is 5.73 Å². The topological polar surface area (TPSA) is 132 Å². The molecule has 3 aromatic rings. The number of benzene rings is 2. The molecule has 0 aliphatic heterocycles. The molecule has 144 valence electrons. The lowest BCUT2D eigenvalue weighted by atomic mass is 10.2. The van der Waals surface area contributed by atoms with Gasteiger partial charge in [0.15, 0.2) is 5.57 Å². The molecule has 9 heteroatoms. The van der Waals surface area contributed by atoms with Crippen molar-refractivity contribution in [1.82, 2.24) is 4.57 Å². The summed E-state index contributed by atoms with van der Waals surface area (Å²) >= 11 is 0.952. The van der Waals surface area contributed by atoms with Crippen molar-refractivity contribution in [2.24, 2.45) is 5.73 Å². The Kier molecular flexibility index (Phi) is 5.38. The summed E-state index contributed by atoms with van der Waals surface area (Å²) in [6.45, 7) is 1.89. The van der Waals surface area contributed by atoms with Crippen LogP contribution in [0.5, 0.6) is 0 Å². The quantitative estimate of drug-likeness (QED) is 0.512. The minimum atomic E-state index is -0.934. The number of primary amides is 1. The summed E-state index contributed by atoms with van der Waals surface area (Å²) in [5.74, 6) is -0.934. The third-order valence-corrected chi connectivity index (χ3v) is 5.18. The van der Waals surface area contributed by atoms with Gasteiger partial charge in [0.25, 0.3) is 17.2 Å². The van der Waals surface area contributed by atoms with E-state index in [1.54, 1.807) is 36.4 Å². The largest absolute Gasteiger partial charge is 0.365 e. The molecule has 3 rings (SSSR count). The monoisotopic (exact) mass is 406 g/mol. The van der Waals surface area contributed by atoms with Crippen molar-refractivity contribution < 1.29 is 9.72 Å². The number of nitriles is 1. The number of carbonyl (C=O) groups is 1. The lowest BCUT2D eigenvalue weighted by molar-refractivity contribution is -0.384. The van der Waals surface area contributed by atoms with Gasteiger partial charge in [-0.2, -0.15) is 5.26 Å². The van der Waals surface area contributed by atoms with E-state index in [9.17, 15) is 25.0 Å². The normalized spacial score (nSPS) is 12.3. The van der Waals surface area contributed by atoms with Crippen molar-refractivity contribution in [3.8, 4) is 11.8 Å². The number of carbonyl (C=O) groups excluding carboxylic acids is 1. The Balaban J connectivity index is 2.32. The molecule has 0 saturated carbocycles. The first kappa shape index (κ1) is 19.7. The summed E-state index contributed by atoms with van der Waals surface area (Å²) in [5.41, 5.74) is 6.54. The van der Waals surface area contributed by atoms with Gasteiger partial charge in [-0.15, -0.1) is 11.3 Å². The van der Waals surface area contributed by atoms with Crippen LogP contribution in [0.4, 0.5) is 5.69 Å². The first-order valence-electron chi connectivity index (χ1n) is 8.31. The number of thiazole rings is 1. The number of hydrogen-bond acceptors (Lipinski definition) is 6. The zero-order chi connectivity index (χ0) is 21.1. The predicted octanol–water partition coefficient (Wildman–Crippen LogP) is 1.10. The van der Waals surface area contributed by atoms with Gasteiger partial charge in [-0.1, -0.05) is 17.7 Å². The Labute approximate surface area is 168 Å². The predicted molar refractivity (Wildman–Crippen MR) is 109 cm³/mol. The van der Waals surface area contributed by atoms with E-state index in [0.29, 0.717) is 11.3 Å². The molecule has 0 atom stereocenters. The Morgan fingerprint density at radius 1 is 1.21 bits per heavy atom. The molecular formula is C20H14N4O4S. The Morgan fingerprint density at radius 2 is 1.83 bits per heavy atom. The molecule has 0 unspecified atom stereocenters. The van der Waals surface area contributed by atoms with Crippen LogP contribution < -0.4 is 20.5 Å². The van der Waals surface area contributed by atoms with Gasteiger partial charge in [0.2, 0.25) is 0 Å². The van der Waals surface area contributed by atoms with Gasteiger partial charge in [0, 0.05) is 12.1 Å². The van der Waals surface area contributed by atoms with Crippen LogP contribution in [-0.4, -0.2) is 15.4 Å². The highest BCUT2D eigenvalue weighted by molar-refractivity contribution is 7.07. The van der Waals surface area contributed by atoms with Crippen molar-refractivity contribution >= 4 is 34.6 Å². The van der Waals surface area contributed by atoms with Gasteiger partial charge in [-0.3, -0.25) is 24.3 Å². The maximum Gasteiger partial charge on any atom is 0.273 e. The maximum absolute atomic E-state index is 13.1. The van der Waals surface area contributed by atoms with Crippen LogP contribution in [0.3, 0.4) is 0 Å². The zero-order valence-electron chi connectivity index (χ0n) is 15.2. The van der Waals surface area contributed by atoms with Crippen molar-refractivity contribution in [3.05, 3.63) is 89.3 Å². The van der Waals surface area contributed by atoms with Crippen molar-refractivity contribution in [2.75, 3.05) is 0 Å². The lowest BCUT2D eigenvalue weighted by Gasteiger charge is -2.03. The second kappa shape index (κ2) is 7.92. The molecule has 8 nitrogen and oxygen atoms in total. The highest BCUT2D eigenvalue weighted by Gasteiger charge is 2.14. The first-order chi connectivity index (χ1) is 13.8. The van der Waals surface area contributed by atoms with E-state index in [2.05, 4.69) is 0 Å². The molecule has 1 aromatic heterocycles. The Bertz CT molecular complexity index is 1330. The number of nitrogens with two attached hydrogens (primary N) is 1. The van der Waals surface area contributed by atoms with Crippen LogP contribution >= 0.6 is 11.3 Å². The van der Waals surface area contributed by atoms with Gasteiger partial charge in [0.05, 0.1) is 15.1 Å². The molecule has 1 heterocycles. The molecule has 2 aromatic carbocycles. The maximum atomic E-state index is 13.1. The third-order valence-electron chi connectivity index (χ3n) is 4.09. The SMILES string of the molecule is Cc1ccc(-n2c(=O)/c(=C/c3ccc([N+](=O)[O-])cc3)s/c2=C(\C#N)C(N)=O)cc1. The Hall–Kier alpha value is -4.03. The Morgan fingerprint density at radius 3 is 2.34 bits per heavy atom. The molecule has 0 aliphatic rings. The van der Waals surface area contributed by atoms with E-state index in [-0.39, 0.29) is 20.5 Å². The molecule has 0 bridgehead atoms. The number of nitro benzene ring substituents is 1. The zero-order valence-corrected chi connectivity index (χ0v) is 16.0. The molecule has 1 amide bonds. The minimum Gasteiger partial charge on any atom is -0.365 e. The van der Waals surface area contributed by atoms with Gasteiger partial charge in [-0.25, -0.2) is 0 Å². The van der Waals surface area contributed by atoms with Crippen LogP contribution in [0.1, 0.15) is 11.1 Å². The second-order valence-electron chi connectivity index (χ2n) is 6.09. The molecular weight excluding hydrogens is 392 g/mol. The molecule has 2 N–H and O–H groups in total. The number of aromatic nitrogens is 1. The summed E-state index contributed by atoms with van der Waals surface area (Å²) in [4.78, 5) is 35.1. The molecule has 0 spiro atoms. The summed E-state index contributed by atoms with van der Waals surface area (Å²) in [6, 6.07) is 14.5. The van der Waals surface area contributed by atoms with E-state index < -0.39 is 16.4 Å². The average Bonchev–Trinajstić information content (AvgIpc) is 2.99. The van der Waals surface area contributed by atoms with Gasteiger partial charge >= 0.3 is 0 Å². The molecule has 29 heavy (non-hydrogen) atoms. The van der Waals surface area contributed by atoms with E-state index in [0.717, 1.165) is 16.9 Å². The number of hydrogen-bond donors (Lipinski definition) is 1. The number of rotatable bonds is 4. The van der Waals surface area contributed by atoms with Gasteiger partial charge in [0.1, 0.15) is 10.7 Å². The molecule has 0 radical (unpaired) electrons. The van der Waals surface area contributed by atoms with Crippen molar-refractivity contribution in [3.63, 3.8) is 0 Å². The smallest absolute Gasteiger partial charge is 0.273 e. The summed E-state index contributed by atoms with van der Waals surface area (Å²) < 4.78 is 1.65. The van der Waals surface area contributed by atoms with E-state index in [4.69, 9.17) is 5.73 Å². The molecule has 0 fully saturated rings. The second-order valence-corrected chi connectivity index (χ2v) is 7.12. The van der Waals surface area contributed by atoms with Crippen LogP contribution in [0, 0.1) is 28.4 Å². The highest BCUT2D eigenvalue weighted by atomic mass is 32.1. The minimum absolute atomic E-state index is 0.0695. The fraction of sp³-hybridized carbons (Fsp3) is 0.0500. The van der Waals surface area contributed by atoms with E-state index in [1.807, 2.05) is 6.92 Å². The molecule has 0 saturated heterocycles.